The first-order valence-corrected chi connectivity index (χ1v) is 7.87. The van der Waals surface area contributed by atoms with Gasteiger partial charge in [-0.25, -0.2) is 4.98 Å². The van der Waals surface area contributed by atoms with E-state index in [1.54, 1.807) is 18.0 Å². The van der Waals surface area contributed by atoms with E-state index in [0.29, 0.717) is 5.22 Å². The fourth-order valence-electron chi connectivity index (χ4n) is 1.80. The van der Waals surface area contributed by atoms with Crippen molar-refractivity contribution in [2.24, 2.45) is 5.73 Å². The molecule has 102 valence electrons. The second kappa shape index (κ2) is 6.59. The Hall–Kier alpha value is -0.780. The molecule has 0 aliphatic heterocycles. The van der Waals surface area contributed by atoms with Crippen LogP contribution in [0.4, 0.5) is 0 Å². The zero-order valence-corrected chi connectivity index (χ0v) is 13.4. The van der Waals surface area contributed by atoms with E-state index in [1.807, 2.05) is 19.1 Å². The number of nitrogens with two attached hydrogens (primary N) is 1. The Morgan fingerprint density at radius 3 is 2.84 bits per heavy atom. The molecular weight excluding hydrogens is 324 g/mol. The second-order valence-corrected chi connectivity index (χ2v) is 6.43. The first kappa shape index (κ1) is 14.6. The van der Waals surface area contributed by atoms with Gasteiger partial charge in [-0.15, -0.1) is 0 Å². The zero-order chi connectivity index (χ0) is 13.8. The van der Waals surface area contributed by atoms with Crippen molar-refractivity contribution >= 4 is 27.7 Å². The molecule has 2 rings (SSSR count). The molecule has 2 aromatic rings. The molecule has 2 unspecified atom stereocenters. The molecule has 0 aliphatic carbocycles. The average molecular weight is 341 g/mol. The van der Waals surface area contributed by atoms with Crippen LogP contribution in [0.5, 0.6) is 0 Å². The Bertz CT molecular complexity index is 544. The number of oxazole rings is 1. The Balaban J connectivity index is 2.25. The molecular formula is C14H17BrN2OS. The lowest BCUT2D eigenvalue weighted by Crippen LogP contribution is -2.25. The van der Waals surface area contributed by atoms with Crippen LogP contribution in [0.3, 0.4) is 0 Å². The van der Waals surface area contributed by atoms with E-state index in [4.69, 9.17) is 10.2 Å². The summed E-state index contributed by atoms with van der Waals surface area (Å²) in [6, 6.07) is 8.29. The van der Waals surface area contributed by atoms with E-state index in [0.717, 1.165) is 16.6 Å². The summed E-state index contributed by atoms with van der Waals surface area (Å²) >= 11 is 5.08. The van der Waals surface area contributed by atoms with Gasteiger partial charge in [-0.2, -0.15) is 0 Å². The van der Waals surface area contributed by atoms with Crippen LogP contribution in [0.2, 0.25) is 0 Å². The third kappa shape index (κ3) is 3.84. The first-order valence-electron chi connectivity index (χ1n) is 6.20. The molecule has 19 heavy (non-hydrogen) atoms. The molecule has 0 fully saturated rings. The van der Waals surface area contributed by atoms with Gasteiger partial charge >= 0.3 is 0 Å². The summed E-state index contributed by atoms with van der Waals surface area (Å²) in [6.07, 6.45) is 2.57. The maximum absolute atomic E-state index is 6.25. The number of halogens is 1. The second-order valence-electron chi connectivity index (χ2n) is 4.42. The fraction of sp³-hybridized carbons (Fsp3) is 0.357. The molecule has 1 aromatic heterocycles. The number of thioether (sulfide) groups is 1. The van der Waals surface area contributed by atoms with Crippen molar-refractivity contribution in [1.29, 1.82) is 0 Å². The number of nitrogens with zero attached hydrogens (tertiary/aromatic N) is 1. The van der Waals surface area contributed by atoms with Crippen molar-refractivity contribution in [2.45, 2.75) is 36.8 Å². The summed E-state index contributed by atoms with van der Waals surface area (Å²) in [5.41, 5.74) is 8.32. The standard InChI is InChI=1S/C14H17BrN2OS/c1-3-12(16)13(10-5-4-6-11(15)7-10)19-14-17-9(2)8-18-14/h4-8,12-13H,3,16H2,1-2H3. The third-order valence-corrected chi connectivity index (χ3v) is 4.62. The lowest BCUT2D eigenvalue weighted by Gasteiger charge is -2.21. The molecule has 0 aliphatic rings. The van der Waals surface area contributed by atoms with Gasteiger partial charge in [-0.1, -0.05) is 46.7 Å². The van der Waals surface area contributed by atoms with E-state index in [9.17, 15) is 0 Å². The highest BCUT2D eigenvalue weighted by molar-refractivity contribution is 9.10. The fourth-order valence-corrected chi connectivity index (χ4v) is 3.38. The number of benzene rings is 1. The van der Waals surface area contributed by atoms with Gasteiger partial charge in [-0.05, 0) is 31.0 Å². The minimum absolute atomic E-state index is 0.0616. The van der Waals surface area contributed by atoms with E-state index < -0.39 is 0 Å². The van der Waals surface area contributed by atoms with Gasteiger partial charge in [0.1, 0.15) is 6.26 Å². The van der Waals surface area contributed by atoms with Gasteiger partial charge < -0.3 is 10.2 Å². The Kier molecular flexibility index (Phi) is 5.07. The Labute approximate surface area is 126 Å². The van der Waals surface area contributed by atoms with Crippen LogP contribution in [-0.4, -0.2) is 11.0 Å². The predicted molar refractivity (Wildman–Crippen MR) is 82.2 cm³/mol. The molecule has 0 amide bonds. The Morgan fingerprint density at radius 2 is 2.26 bits per heavy atom. The lowest BCUT2D eigenvalue weighted by atomic mass is 10.0. The number of rotatable bonds is 5. The Morgan fingerprint density at radius 1 is 1.47 bits per heavy atom. The molecule has 3 nitrogen and oxygen atoms in total. The molecule has 2 N–H and O–H groups in total. The topological polar surface area (TPSA) is 52.0 Å². The van der Waals surface area contributed by atoms with E-state index >= 15 is 0 Å². The van der Waals surface area contributed by atoms with Crippen LogP contribution in [0.15, 0.2) is 44.6 Å². The first-order chi connectivity index (χ1) is 9.10. The number of aromatic nitrogens is 1. The molecule has 1 aromatic carbocycles. The smallest absolute Gasteiger partial charge is 0.256 e. The highest BCUT2D eigenvalue weighted by Crippen LogP contribution is 2.38. The maximum Gasteiger partial charge on any atom is 0.256 e. The molecule has 0 saturated carbocycles. The van der Waals surface area contributed by atoms with Crippen LogP contribution >= 0.6 is 27.7 Å². The third-order valence-electron chi connectivity index (χ3n) is 2.86. The minimum Gasteiger partial charge on any atom is -0.440 e. The van der Waals surface area contributed by atoms with Crippen molar-refractivity contribution in [1.82, 2.24) is 4.98 Å². The van der Waals surface area contributed by atoms with Crippen LogP contribution < -0.4 is 5.73 Å². The van der Waals surface area contributed by atoms with E-state index in [1.165, 1.54) is 5.56 Å². The van der Waals surface area contributed by atoms with Gasteiger partial charge in [0.25, 0.3) is 5.22 Å². The van der Waals surface area contributed by atoms with Crippen molar-refractivity contribution in [3.63, 3.8) is 0 Å². The largest absolute Gasteiger partial charge is 0.440 e. The number of hydrogen-bond donors (Lipinski definition) is 1. The quantitative estimate of drug-likeness (QED) is 0.823. The maximum atomic E-state index is 6.25. The van der Waals surface area contributed by atoms with Gasteiger partial charge in [0, 0.05) is 10.5 Å². The van der Waals surface area contributed by atoms with Crippen molar-refractivity contribution < 1.29 is 4.42 Å². The van der Waals surface area contributed by atoms with Crippen molar-refractivity contribution in [2.75, 3.05) is 0 Å². The number of hydrogen-bond acceptors (Lipinski definition) is 4. The van der Waals surface area contributed by atoms with Gasteiger partial charge in [0.05, 0.1) is 10.9 Å². The van der Waals surface area contributed by atoms with E-state index in [-0.39, 0.29) is 11.3 Å². The van der Waals surface area contributed by atoms with E-state index in [2.05, 4.69) is 40.0 Å². The summed E-state index contributed by atoms with van der Waals surface area (Å²) in [7, 11) is 0. The van der Waals surface area contributed by atoms with Gasteiger partial charge in [0.2, 0.25) is 0 Å². The predicted octanol–water partition coefficient (Wildman–Crippen LogP) is 4.32. The van der Waals surface area contributed by atoms with Crippen LogP contribution in [-0.2, 0) is 0 Å². The summed E-state index contributed by atoms with van der Waals surface area (Å²) < 4.78 is 6.48. The lowest BCUT2D eigenvalue weighted by molar-refractivity contribution is 0.451. The molecule has 1 heterocycles. The SMILES string of the molecule is CCC(N)C(Sc1nc(C)co1)c1cccc(Br)c1. The highest BCUT2D eigenvalue weighted by Gasteiger charge is 2.22. The normalized spacial score (nSPS) is 14.3. The van der Waals surface area contributed by atoms with Crippen LogP contribution in [0, 0.1) is 6.92 Å². The summed E-state index contributed by atoms with van der Waals surface area (Å²) in [5.74, 6) is 0. The molecule has 5 heteroatoms. The molecule has 0 bridgehead atoms. The van der Waals surface area contributed by atoms with Crippen LogP contribution in [0.25, 0.3) is 0 Å². The minimum atomic E-state index is 0.0616. The molecule has 0 saturated heterocycles. The zero-order valence-electron chi connectivity index (χ0n) is 11.0. The van der Waals surface area contributed by atoms with Gasteiger partial charge in [-0.3, -0.25) is 0 Å². The van der Waals surface area contributed by atoms with Crippen LogP contribution in [0.1, 0.15) is 29.9 Å². The highest BCUT2D eigenvalue weighted by atomic mass is 79.9. The average Bonchev–Trinajstić information content (AvgIpc) is 2.80. The van der Waals surface area contributed by atoms with Crippen molar-refractivity contribution in [3.05, 3.63) is 46.3 Å². The number of aryl methyl sites for hydroxylation is 1. The summed E-state index contributed by atoms with van der Waals surface area (Å²) in [6.45, 7) is 4.01. The summed E-state index contributed by atoms with van der Waals surface area (Å²) in [5, 5.41) is 0.812. The monoisotopic (exact) mass is 340 g/mol. The van der Waals surface area contributed by atoms with Crippen molar-refractivity contribution in [3.8, 4) is 0 Å². The van der Waals surface area contributed by atoms with Gasteiger partial charge in [0.15, 0.2) is 0 Å². The molecule has 0 spiro atoms. The molecule has 0 radical (unpaired) electrons. The molecule has 2 atom stereocenters. The summed E-state index contributed by atoms with van der Waals surface area (Å²) in [4.78, 5) is 4.34.